The first kappa shape index (κ1) is 27.9. The van der Waals surface area contributed by atoms with Gasteiger partial charge in [0.25, 0.3) is 5.88 Å². The van der Waals surface area contributed by atoms with E-state index in [4.69, 9.17) is 18.9 Å². The third-order valence-corrected chi connectivity index (χ3v) is 8.14. The summed E-state index contributed by atoms with van der Waals surface area (Å²) in [6.45, 7) is 9.88. The summed E-state index contributed by atoms with van der Waals surface area (Å²) in [5.41, 5.74) is 1.48. The smallest absolute Gasteiger partial charge is 0.257 e. The van der Waals surface area contributed by atoms with Gasteiger partial charge >= 0.3 is 0 Å². The summed E-state index contributed by atoms with van der Waals surface area (Å²) < 4.78 is 52.5. The van der Waals surface area contributed by atoms with E-state index in [1.54, 1.807) is 43.3 Å². The van der Waals surface area contributed by atoms with E-state index in [0.29, 0.717) is 35.4 Å². The molecule has 0 saturated carbocycles. The van der Waals surface area contributed by atoms with Crippen LogP contribution >= 0.6 is 0 Å². The van der Waals surface area contributed by atoms with Crippen molar-refractivity contribution >= 4 is 9.84 Å². The molecule has 1 aliphatic heterocycles. The molecule has 0 unspecified atom stereocenters. The number of aryl methyl sites for hydroxylation is 1. The summed E-state index contributed by atoms with van der Waals surface area (Å²) >= 11 is 0. The van der Waals surface area contributed by atoms with Gasteiger partial charge in [0, 0.05) is 25.7 Å². The average Bonchev–Trinajstić information content (AvgIpc) is 3.20. The highest BCUT2D eigenvalue weighted by molar-refractivity contribution is 7.91. The van der Waals surface area contributed by atoms with E-state index in [2.05, 4.69) is 25.1 Å². The number of hydrogen-bond donors (Lipinski definition) is 0. The van der Waals surface area contributed by atoms with Gasteiger partial charge in [-0.3, -0.25) is 0 Å². The lowest BCUT2D eigenvalue weighted by Crippen LogP contribution is -2.32. The first-order valence-corrected chi connectivity index (χ1v) is 14.2. The lowest BCUT2D eigenvalue weighted by atomic mass is 10.2. The van der Waals surface area contributed by atoms with Gasteiger partial charge in [0.2, 0.25) is 0 Å². The predicted molar refractivity (Wildman–Crippen MR) is 139 cm³/mol. The zero-order valence-corrected chi connectivity index (χ0v) is 23.3. The lowest BCUT2D eigenvalue weighted by molar-refractivity contribution is 0.00140. The first-order chi connectivity index (χ1) is 18.2. The number of pyridine rings is 1. The Morgan fingerprint density at radius 3 is 2.55 bits per heavy atom. The molecule has 0 saturated heterocycles. The van der Waals surface area contributed by atoms with Crippen LogP contribution in [0.4, 0.5) is 0 Å². The predicted octanol–water partition coefficient (Wildman–Crippen LogP) is 2.89. The molecule has 0 bridgehead atoms. The summed E-state index contributed by atoms with van der Waals surface area (Å²) in [7, 11) is -2.24. The number of aromatic nitrogens is 6. The molecule has 1 aliphatic rings. The molecule has 0 spiro atoms. The number of ether oxygens (including phenoxy) is 4. The highest BCUT2D eigenvalue weighted by atomic mass is 32.2. The SMILES string of the molecule is CCOc1nccc2c1OC[C@@H](COC)n1c(CS(=O)(=O)[C@@H](C)[C@H](OC(C)C)c3ncc(C)cn3)nnc1-2. The Morgan fingerprint density at radius 2 is 1.89 bits per heavy atom. The first-order valence-electron chi connectivity index (χ1n) is 12.5. The molecule has 206 valence electrons. The molecule has 38 heavy (non-hydrogen) atoms. The average molecular weight is 547 g/mol. The summed E-state index contributed by atoms with van der Waals surface area (Å²) in [6.07, 6.45) is 3.80. The van der Waals surface area contributed by atoms with Crippen LogP contribution in [0, 0.1) is 6.92 Å². The molecule has 0 aromatic carbocycles. The molecule has 0 N–H and O–H groups in total. The molecule has 3 aromatic heterocycles. The molecule has 13 heteroatoms. The highest BCUT2D eigenvalue weighted by Crippen LogP contribution is 2.40. The zero-order chi connectivity index (χ0) is 27.4. The second-order valence-electron chi connectivity index (χ2n) is 9.39. The van der Waals surface area contributed by atoms with Crippen LogP contribution in [0.2, 0.25) is 0 Å². The second kappa shape index (κ2) is 11.7. The maximum atomic E-state index is 13.8. The molecular formula is C25H34N6O6S. The number of nitrogens with zero attached hydrogens (tertiary/aromatic N) is 6. The van der Waals surface area contributed by atoms with Crippen LogP contribution in [0.5, 0.6) is 11.6 Å². The molecule has 4 rings (SSSR count). The van der Waals surface area contributed by atoms with E-state index in [-0.39, 0.29) is 36.9 Å². The highest BCUT2D eigenvalue weighted by Gasteiger charge is 2.37. The van der Waals surface area contributed by atoms with Gasteiger partial charge in [0.05, 0.1) is 36.2 Å². The van der Waals surface area contributed by atoms with Gasteiger partial charge in [-0.1, -0.05) is 0 Å². The zero-order valence-electron chi connectivity index (χ0n) is 22.5. The van der Waals surface area contributed by atoms with Crippen molar-refractivity contribution in [1.29, 1.82) is 0 Å². The second-order valence-corrected chi connectivity index (χ2v) is 11.8. The minimum atomic E-state index is -3.81. The monoisotopic (exact) mass is 546 g/mol. The molecule has 0 amide bonds. The number of sulfone groups is 1. The normalized spacial score (nSPS) is 16.8. The van der Waals surface area contributed by atoms with Crippen LogP contribution in [0.1, 0.15) is 57.1 Å². The molecule has 4 heterocycles. The Balaban J connectivity index is 1.72. The molecular weight excluding hydrogens is 512 g/mol. The quantitative estimate of drug-likeness (QED) is 0.350. The van der Waals surface area contributed by atoms with Crippen molar-refractivity contribution in [2.24, 2.45) is 0 Å². The fourth-order valence-electron chi connectivity index (χ4n) is 4.27. The largest absolute Gasteiger partial charge is 0.485 e. The van der Waals surface area contributed by atoms with Gasteiger partial charge in [-0.25, -0.2) is 23.4 Å². The lowest BCUT2D eigenvalue weighted by Gasteiger charge is -2.25. The van der Waals surface area contributed by atoms with Crippen molar-refractivity contribution < 1.29 is 27.4 Å². The minimum Gasteiger partial charge on any atom is -0.485 e. The summed E-state index contributed by atoms with van der Waals surface area (Å²) in [4.78, 5) is 13.0. The number of fused-ring (bicyclic) bond motifs is 3. The third-order valence-electron chi connectivity index (χ3n) is 6.10. The van der Waals surface area contributed by atoms with Gasteiger partial charge in [0.15, 0.2) is 27.2 Å². The number of rotatable bonds is 11. The fraction of sp³-hybridized carbons (Fsp3) is 0.560. The maximum Gasteiger partial charge on any atom is 0.257 e. The van der Waals surface area contributed by atoms with Gasteiger partial charge in [-0.15, -0.1) is 10.2 Å². The Hall–Kier alpha value is -3.16. The number of hydrogen-bond acceptors (Lipinski definition) is 11. The van der Waals surface area contributed by atoms with Crippen LogP contribution in [-0.2, 0) is 25.1 Å². The molecule has 0 fully saturated rings. The van der Waals surface area contributed by atoms with Crippen LogP contribution in [0.25, 0.3) is 11.4 Å². The van der Waals surface area contributed by atoms with Crippen molar-refractivity contribution in [3.8, 4) is 23.0 Å². The molecule has 0 aliphatic carbocycles. The van der Waals surface area contributed by atoms with E-state index in [1.165, 1.54) is 0 Å². The van der Waals surface area contributed by atoms with Gasteiger partial charge in [-0.2, -0.15) is 0 Å². The fourth-order valence-corrected chi connectivity index (χ4v) is 5.65. The molecule has 3 atom stereocenters. The van der Waals surface area contributed by atoms with Gasteiger partial charge in [-0.05, 0) is 46.2 Å². The van der Waals surface area contributed by atoms with E-state index < -0.39 is 21.2 Å². The third kappa shape index (κ3) is 5.79. The maximum absolute atomic E-state index is 13.8. The Morgan fingerprint density at radius 1 is 1.16 bits per heavy atom. The van der Waals surface area contributed by atoms with E-state index in [0.717, 1.165) is 5.56 Å². The summed E-state index contributed by atoms with van der Waals surface area (Å²) in [5.74, 6) is 1.45. The van der Waals surface area contributed by atoms with Crippen LogP contribution in [0.15, 0.2) is 24.7 Å². The Kier molecular flexibility index (Phi) is 8.58. The summed E-state index contributed by atoms with van der Waals surface area (Å²) in [6, 6.07) is 1.37. The standard InChI is InChI=1S/C25H34N6O6S/c1-7-35-25-22-19(8-9-26-25)24-30-29-20(31(24)18(12-34-6)13-36-22)14-38(32,33)17(5)21(37-15(2)3)23-27-10-16(4)11-28-23/h8-11,15,17-18,21H,7,12-14H2,1-6H3/t17-,18+,21-/m0/s1. The van der Waals surface area contributed by atoms with Crippen LogP contribution in [-0.4, -0.2) is 76.4 Å². The topological polar surface area (TPSA) is 140 Å². The van der Waals surface area contributed by atoms with E-state index in [1.807, 2.05) is 27.7 Å². The molecule has 0 radical (unpaired) electrons. The van der Waals surface area contributed by atoms with E-state index in [9.17, 15) is 8.42 Å². The Bertz CT molecular complexity index is 1340. The van der Waals surface area contributed by atoms with Crippen molar-refractivity contribution in [2.45, 2.75) is 63.9 Å². The van der Waals surface area contributed by atoms with Crippen LogP contribution < -0.4 is 9.47 Å². The van der Waals surface area contributed by atoms with Crippen LogP contribution in [0.3, 0.4) is 0 Å². The van der Waals surface area contributed by atoms with Crippen molar-refractivity contribution in [3.63, 3.8) is 0 Å². The molecule has 12 nitrogen and oxygen atoms in total. The molecule has 3 aromatic rings. The van der Waals surface area contributed by atoms with Gasteiger partial charge < -0.3 is 23.5 Å². The van der Waals surface area contributed by atoms with Crippen molar-refractivity contribution in [2.75, 3.05) is 26.9 Å². The van der Waals surface area contributed by atoms with Crippen molar-refractivity contribution in [3.05, 3.63) is 41.9 Å². The minimum absolute atomic E-state index is 0.191. The number of methoxy groups -OCH3 is 1. The van der Waals surface area contributed by atoms with E-state index >= 15 is 0 Å². The summed E-state index contributed by atoms with van der Waals surface area (Å²) in [5, 5.41) is 7.72. The van der Waals surface area contributed by atoms with Gasteiger partial charge in [0.1, 0.15) is 24.3 Å². The Labute approximate surface area is 222 Å². The van der Waals surface area contributed by atoms with Crippen molar-refractivity contribution in [1.82, 2.24) is 29.7 Å².